The van der Waals surface area contributed by atoms with Gasteiger partial charge in [0.1, 0.15) is 12.2 Å². The van der Waals surface area contributed by atoms with Crippen LogP contribution < -0.4 is 10.6 Å². The van der Waals surface area contributed by atoms with Gasteiger partial charge in [-0.05, 0) is 24.1 Å². The molecule has 1 aromatic carbocycles. The second kappa shape index (κ2) is 9.16. The van der Waals surface area contributed by atoms with Gasteiger partial charge in [-0.3, -0.25) is 14.3 Å². The molecule has 174 valence electrons. The number of aliphatic hydroxyl groups is 1. The van der Waals surface area contributed by atoms with Gasteiger partial charge in [-0.15, -0.1) is 0 Å². The highest BCUT2D eigenvalue weighted by atomic mass is 16.5. The number of pyridine rings is 1. The molecule has 0 aliphatic carbocycles. The first-order valence-corrected chi connectivity index (χ1v) is 11.0. The van der Waals surface area contributed by atoms with Crippen LogP contribution in [0, 0.1) is 6.92 Å². The molecule has 4 heterocycles. The van der Waals surface area contributed by atoms with E-state index in [0.717, 1.165) is 16.7 Å². The SMILES string of the molecule is CNC(=O)[C@@H]1C[C@@H](O)[C@H](n2cnc3c(NCc4ccccc4)nc(-c4cncc(C)c4)nc32)O1. The van der Waals surface area contributed by atoms with E-state index in [4.69, 9.17) is 14.7 Å². The Labute approximate surface area is 196 Å². The van der Waals surface area contributed by atoms with Crippen LogP contribution in [0.1, 0.15) is 23.8 Å². The fourth-order valence-corrected chi connectivity index (χ4v) is 4.05. The summed E-state index contributed by atoms with van der Waals surface area (Å²) >= 11 is 0. The predicted molar refractivity (Wildman–Crippen MR) is 126 cm³/mol. The number of rotatable bonds is 6. The van der Waals surface area contributed by atoms with Crippen LogP contribution in [0.2, 0.25) is 0 Å². The third kappa shape index (κ3) is 4.20. The highest BCUT2D eigenvalue weighted by molar-refractivity contribution is 5.85. The molecule has 10 nitrogen and oxygen atoms in total. The number of aromatic nitrogens is 5. The smallest absolute Gasteiger partial charge is 0.249 e. The maximum atomic E-state index is 12.1. The zero-order chi connectivity index (χ0) is 23.7. The number of nitrogens with one attached hydrogen (secondary N) is 2. The average Bonchev–Trinajstić information content (AvgIpc) is 3.45. The fraction of sp³-hybridized carbons (Fsp3) is 0.292. The highest BCUT2D eigenvalue weighted by Gasteiger charge is 2.39. The zero-order valence-corrected chi connectivity index (χ0v) is 18.8. The van der Waals surface area contributed by atoms with E-state index in [1.165, 1.54) is 7.05 Å². The molecule has 1 aliphatic rings. The fourth-order valence-electron chi connectivity index (χ4n) is 4.05. The topological polar surface area (TPSA) is 127 Å². The molecule has 0 unspecified atom stereocenters. The second-order valence-electron chi connectivity index (χ2n) is 8.24. The summed E-state index contributed by atoms with van der Waals surface area (Å²) < 4.78 is 7.54. The van der Waals surface area contributed by atoms with Crippen molar-refractivity contribution < 1.29 is 14.6 Å². The van der Waals surface area contributed by atoms with Gasteiger partial charge in [-0.1, -0.05) is 30.3 Å². The number of aryl methyl sites for hydroxylation is 1. The maximum absolute atomic E-state index is 12.1. The molecule has 1 amide bonds. The van der Waals surface area contributed by atoms with Gasteiger partial charge in [-0.25, -0.2) is 15.0 Å². The Kier molecular flexibility index (Phi) is 5.91. The normalized spacial score (nSPS) is 19.9. The summed E-state index contributed by atoms with van der Waals surface area (Å²) in [6, 6.07) is 11.9. The molecule has 1 saturated heterocycles. The minimum atomic E-state index is -0.889. The zero-order valence-electron chi connectivity index (χ0n) is 18.8. The number of likely N-dealkylation sites (N-methyl/N-ethyl adjacent to an activating group) is 1. The van der Waals surface area contributed by atoms with Gasteiger partial charge in [0.2, 0.25) is 5.91 Å². The van der Waals surface area contributed by atoms with Crippen LogP contribution in [0.15, 0.2) is 55.1 Å². The van der Waals surface area contributed by atoms with Crippen LogP contribution in [0.5, 0.6) is 0 Å². The van der Waals surface area contributed by atoms with Gasteiger partial charge in [0.05, 0.1) is 6.33 Å². The molecule has 5 rings (SSSR count). The highest BCUT2D eigenvalue weighted by Crippen LogP contribution is 2.33. The summed E-state index contributed by atoms with van der Waals surface area (Å²) in [6.45, 7) is 2.50. The lowest BCUT2D eigenvalue weighted by Crippen LogP contribution is -2.31. The number of anilines is 1. The van der Waals surface area contributed by atoms with E-state index < -0.39 is 18.4 Å². The van der Waals surface area contributed by atoms with Crippen molar-refractivity contribution in [3.05, 3.63) is 66.2 Å². The predicted octanol–water partition coefficient (Wildman–Crippen LogP) is 2.20. The van der Waals surface area contributed by atoms with Gasteiger partial charge >= 0.3 is 0 Å². The molecule has 0 spiro atoms. The van der Waals surface area contributed by atoms with Crippen molar-refractivity contribution in [3.63, 3.8) is 0 Å². The number of fused-ring (bicyclic) bond motifs is 1. The number of nitrogens with zero attached hydrogens (tertiary/aromatic N) is 5. The van der Waals surface area contributed by atoms with Crippen molar-refractivity contribution in [2.45, 2.75) is 38.3 Å². The van der Waals surface area contributed by atoms with Gasteiger partial charge < -0.3 is 20.5 Å². The molecule has 3 N–H and O–H groups in total. The third-order valence-corrected chi connectivity index (χ3v) is 5.76. The number of imidazole rings is 1. The number of hydrogen-bond donors (Lipinski definition) is 3. The van der Waals surface area contributed by atoms with Crippen molar-refractivity contribution in [2.24, 2.45) is 0 Å². The lowest BCUT2D eigenvalue weighted by molar-refractivity contribution is -0.134. The summed E-state index contributed by atoms with van der Waals surface area (Å²) in [5, 5.41) is 16.6. The summed E-state index contributed by atoms with van der Waals surface area (Å²) in [7, 11) is 1.54. The minimum absolute atomic E-state index is 0.183. The first-order valence-electron chi connectivity index (χ1n) is 11.0. The van der Waals surface area contributed by atoms with Crippen LogP contribution in [0.3, 0.4) is 0 Å². The van der Waals surface area contributed by atoms with Crippen molar-refractivity contribution in [3.8, 4) is 11.4 Å². The quantitative estimate of drug-likeness (QED) is 0.401. The number of hydrogen-bond acceptors (Lipinski definition) is 8. The van der Waals surface area contributed by atoms with Crippen molar-refractivity contribution in [1.29, 1.82) is 0 Å². The van der Waals surface area contributed by atoms with Crippen LogP contribution >= 0.6 is 0 Å². The van der Waals surface area contributed by atoms with Gasteiger partial charge in [0.25, 0.3) is 0 Å². The lowest BCUT2D eigenvalue weighted by Gasteiger charge is -2.17. The Morgan fingerprint density at radius 2 is 2.06 bits per heavy atom. The molecule has 34 heavy (non-hydrogen) atoms. The molecule has 0 saturated carbocycles. The summed E-state index contributed by atoms with van der Waals surface area (Å²) in [4.78, 5) is 30.3. The molecule has 3 atom stereocenters. The van der Waals surface area contributed by atoms with E-state index in [0.29, 0.717) is 29.4 Å². The number of ether oxygens (including phenoxy) is 1. The number of carbonyl (C=O) groups is 1. The molecule has 4 aromatic rings. The molecular weight excluding hydrogens is 434 g/mol. The van der Waals surface area contributed by atoms with Gasteiger partial charge in [-0.2, -0.15) is 0 Å². The Balaban J connectivity index is 1.57. The Morgan fingerprint density at radius 3 is 2.82 bits per heavy atom. The second-order valence-corrected chi connectivity index (χ2v) is 8.24. The first-order chi connectivity index (χ1) is 16.5. The maximum Gasteiger partial charge on any atom is 0.249 e. The summed E-state index contributed by atoms with van der Waals surface area (Å²) in [6.07, 6.45) is 2.78. The van der Waals surface area contributed by atoms with E-state index in [1.54, 1.807) is 23.3 Å². The van der Waals surface area contributed by atoms with Crippen LogP contribution in [0.4, 0.5) is 5.82 Å². The van der Waals surface area contributed by atoms with E-state index in [9.17, 15) is 9.90 Å². The van der Waals surface area contributed by atoms with Gasteiger partial charge in [0, 0.05) is 38.0 Å². The van der Waals surface area contributed by atoms with Gasteiger partial charge in [0.15, 0.2) is 29.0 Å². The largest absolute Gasteiger partial charge is 0.388 e. The van der Waals surface area contributed by atoms with Crippen molar-refractivity contribution in [2.75, 3.05) is 12.4 Å². The van der Waals surface area contributed by atoms with Crippen molar-refractivity contribution >= 4 is 22.9 Å². The monoisotopic (exact) mass is 459 g/mol. The average molecular weight is 460 g/mol. The molecule has 0 radical (unpaired) electrons. The number of benzene rings is 1. The molecular formula is C24H25N7O3. The number of carbonyl (C=O) groups excluding carboxylic acids is 1. The van der Waals surface area contributed by atoms with E-state index in [2.05, 4.69) is 20.6 Å². The third-order valence-electron chi connectivity index (χ3n) is 5.76. The number of amides is 1. The molecule has 10 heteroatoms. The van der Waals surface area contributed by atoms with Crippen LogP contribution in [-0.2, 0) is 16.1 Å². The summed E-state index contributed by atoms with van der Waals surface area (Å²) in [5.74, 6) is 0.744. The Morgan fingerprint density at radius 1 is 1.24 bits per heavy atom. The Bertz CT molecular complexity index is 1320. The Hall–Kier alpha value is -3.89. The summed E-state index contributed by atoms with van der Waals surface area (Å²) in [5.41, 5.74) is 3.86. The molecule has 3 aromatic heterocycles. The van der Waals surface area contributed by atoms with Crippen LogP contribution in [0.25, 0.3) is 22.6 Å². The minimum Gasteiger partial charge on any atom is -0.388 e. The van der Waals surface area contributed by atoms with E-state index in [-0.39, 0.29) is 12.3 Å². The lowest BCUT2D eigenvalue weighted by atomic mass is 10.2. The van der Waals surface area contributed by atoms with Crippen LogP contribution in [-0.4, -0.2) is 54.8 Å². The standard InChI is InChI=1S/C24H25N7O3/c1-14-8-16(12-26-10-14)20-29-21(27-11-15-6-4-3-5-7-15)19-22(30-20)31(13-28-19)24-17(32)9-18(34-24)23(33)25-2/h3-8,10,12-13,17-18,24,32H,9,11H2,1-2H3,(H,25,33)(H,27,29,30)/t17-,18+,24-/m1/s1. The van der Waals surface area contributed by atoms with E-state index in [1.807, 2.05) is 43.3 Å². The first kappa shape index (κ1) is 21.9. The number of aliphatic hydroxyl groups excluding tert-OH is 1. The molecule has 1 fully saturated rings. The molecule has 1 aliphatic heterocycles. The van der Waals surface area contributed by atoms with E-state index >= 15 is 0 Å². The van der Waals surface area contributed by atoms with Crippen molar-refractivity contribution in [1.82, 2.24) is 29.8 Å². The molecule has 0 bridgehead atoms.